The molecular formula is C28H34O15. The average molecular weight is 611 g/mol. The number of Topliss-reactive ketones (excluding diaryl/α,β-unsaturated/α-hetero) is 1. The van der Waals surface area contributed by atoms with Crippen LogP contribution in [0.1, 0.15) is 35.4 Å². The van der Waals surface area contributed by atoms with Gasteiger partial charge in [-0.1, -0.05) is 6.07 Å². The summed E-state index contributed by atoms with van der Waals surface area (Å²) in [7, 11) is 1.39. The zero-order chi connectivity index (χ0) is 31.2. The molecule has 0 saturated carbocycles. The molecular weight excluding hydrogens is 576 g/mol. The van der Waals surface area contributed by atoms with Gasteiger partial charge in [0.15, 0.2) is 23.6 Å². The molecule has 0 amide bonds. The van der Waals surface area contributed by atoms with Crippen LogP contribution < -0.4 is 14.2 Å². The van der Waals surface area contributed by atoms with Crippen LogP contribution in [0.4, 0.5) is 0 Å². The van der Waals surface area contributed by atoms with Crippen LogP contribution in [0.3, 0.4) is 0 Å². The molecule has 5 unspecified atom stereocenters. The lowest BCUT2D eigenvalue weighted by molar-refractivity contribution is -0.318. The van der Waals surface area contributed by atoms with E-state index in [4.69, 9.17) is 28.4 Å². The highest BCUT2D eigenvalue weighted by Gasteiger charge is 2.47. The van der Waals surface area contributed by atoms with Crippen molar-refractivity contribution in [1.82, 2.24) is 0 Å². The molecule has 0 aromatic heterocycles. The van der Waals surface area contributed by atoms with Crippen molar-refractivity contribution < 1.29 is 74.1 Å². The van der Waals surface area contributed by atoms with Crippen molar-refractivity contribution in [2.75, 3.05) is 13.7 Å². The number of benzene rings is 2. The van der Waals surface area contributed by atoms with Crippen molar-refractivity contribution in [3.05, 3.63) is 41.5 Å². The Kier molecular flexibility index (Phi) is 8.99. The third kappa shape index (κ3) is 6.08. The SMILES string of the molecule is COc1ccc([C@@H]2CC(=O)c3c(O)cc(O[C@@H]4OC(CO[C@@H]5OC(C)[C@H](O)C(O)C5O)[C@@H](O)C(O)[C@@H]4O)cc3O2)cc1O. The largest absolute Gasteiger partial charge is 0.507 e. The van der Waals surface area contributed by atoms with Crippen LogP contribution in [0.2, 0.25) is 0 Å². The van der Waals surface area contributed by atoms with Gasteiger partial charge in [0.1, 0.15) is 71.6 Å². The Labute approximate surface area is 245 Å². The predicted molar refractivity (Wildman–Crippen MR) is 141 cm³/mol. The number of carbonyl (C=O) groups is 1. The number of rotatable bonds is 7. The predicted octanol–water partition coefficient (Wildman–Crippen LogP) is -1.16. The van der Waals surface area contributed by atoms with Crippen LogP contribution in [0.5, 0.6) is 28.7 Å². The van der Waals surface area contributed by atoms with Crippen LogP contribution in [0, 0.1) is 0 Å². The number of phenolic OH excluding ortho intramolecular Hbond substituents is 2. The van der Waals surface area contributed by atoms with Gasteiger partial charge in [-0.25, -0.2) is 0 Å². The Bertz CT molecular complexity index is 1320. The summed E-state index contributed by atoms with van der Waals surface area (Å²) in [5.41, 5.74) is 0.373. The number of aliphatic hydroxyl groups is 6. The fourth-order valence-electron chi connectivity index (χ4n) is 5.20. The first-order valence-corrected chi connectivity index (χ1v) is 13.5. The molecule has 2 fully saturated rings. The number of aromatic hydroxyl groups is 2. The maximum atomic E-state index is 12.9. The Hall–Kier alpha value is -3.25. The van der Waals surface area contributed by atoms with E-state index < -0.39 is 85.7 Å². The number of ether oxygens (including phenoxy) is 6. The second kappa shape index (κ2) is 12.4. The highest BCUT2D eigenvalue weighted by Crippen LogP contribution is 2.43. The number of hydrogen-bond donors (Lipinski definition) is 8. The number of phenols is 2. The summed E-state index contributed by atoms with van der Waals surface area (Å²) in [5.74, 6) is -0.999. The topological polar surface area (TPSA) is 234 Å². The van der Waals surface area contributed by atoms with Crippen LogP contribution in [0.25, 0.3) is 0 Å². The average Bonchev–Trinajstić information content (AvgIpc) is 2.97. The summed E-state index contributed by atoms with van der Waals surface area (Å²) in [6.07, 6.45) is -15.9. The Morgan fingerprint density at radius 1 is 0.837 bits per heavy atom. The van der Waals surface area contributed by atoms with Crippen molar-refractivity contribution in [3.63, 3.8) is 0 Å². The molecule has 0 aliphatic carbocycles. The molecule has 236 valence electrons. The Morgan fingerprint density at radius 2 is 1.53 bits per heavy atom. The minimum atomic E-state index is -1.77. The van der Waals surface area contributed by atoms with Crippen molar-refractivity contribution >= 4 is 5.78 Å². The van der Waals surface area contributed by atoms with Gasteiger partial charge in [0.05, 0.1) is 26.2 Å². The van der Waals surface area contributed by atoms with E-state index in [0.717, 1.165) is 6.07 Å². The second-order valence-corrected chi connectivity index (χ2v) is 10.6. The molecule has 2 aromatic rings. The summed E-state index contributed by atoms with van der Waals surface area (Å²) in [4.78, 5) is 12.9. The minimum absolute atomic E-state index is 0.0457. The van der Waals surface area contributed by atoms with Crippen molar-refractivity contribution in [1.29, 1.82) is 0 Å². The van der Waals surface area contributed by atoms with E-state index in [1.165, 1.54) is 32.2 Å². The van der Waals surface area contributed by atoms with Gasteiger partial charge in [-0.2, -0.15) is 0 Å². The third-order valence-electron chi connectivity index (χ3n) is 7.70. The molecule has 15 heteroatoms. The monoisotopic (exact) mass is 610 g/mol. The fourth-order valence-corrected chi connectivity index (χ4v) is 5.20. The number of ketones is 1. The van der Waals surface area contributed by atoms with Gasteiger partial charge in [0, 0.05) is 12.1 Å². The molecule has 8 N–H and O–H groups in total. The summed E-state index contributed by atoms with van der Waals surface area (Å²) in [6.45, 7) is 0.964. The molecule has 0 bridgehead atoms. The van der Waals surface area contributed by atoms with Crippen molar-refractivity contribution in [2.24, 2.45) is 0 Å². The highest BCUT2D eigenvalue weighted by atomic mass is 16.7. The zero-order valence-electron chi connectivity index (χ0n) is 23.1. The number of methoxy groups -OCH3 is 1. The van der Waals surface area contributed by atoms with Gasteiger partial charge in [-0.3, -0.25) is 4.79 Å². The first kappa shape index (κ1) is 31.2. The second-order valence-electron chi connectivity index (χ2n) is 10.6. The van der Waals surface area contributed by atoms with Gasteiger partial charge < -0.3 is 69.3 Å². The lowest BCUT2D eigenvalue weighted by Crippen LogP contribution is -2.61. The molecule has 43 heavy (non-hydrogen) atoms. The molecule has 0 radical (unpaired) electrons. The van der Waals surface area contributed by atoms with E-state index in [2.05, 4.69) is 0 Å². The zero-order valence-corrected chi connectivity index (χ0v) is 23.1. The Balaban J connectivity index is 1.30. The molecule has 3 aliphatic heterocycles. The molecule has 11 atom stereocenters. The quantitative estimate of drug-likeness (QED) is 0.185. The molecule has 0 spiro atoms. The third-order valence-corrected chi connectivity index (χ3v) is 7.70. The number of fused-ring (bicyclic) bond motifs is 1. The first-order chi connectivity index (χ1) is 20.4. The lowest BCUT2D eigenvalue weighted by Gasteiger charge is -2.42. The van der Waals surface area contributed by atoms with E-state index >= 15 is 0 Å². The summed E-state index contributed by atoms with van der Waals surface area (Å²) < 4.78 is 33.1. The van der Waals surface area contributed by atoms with Gasteiger partial charge in [-0.15, -0.1) is 0 Å². The smallest absolute Gasteiger partial charge is 0.229 e. The molecule has 2 aromatic carbocycles. The van der Waals surface area contributed by atoms with Gasteiger partial charge in [-0.05, 0) is 24.6 Å². The molecule has 15 nitrogen and oxygen atoms in total. The van der Waals surface area contributed by atoms with E-state index in [1.807, 2.05) is 0 Å². The van der Waals surface area contributed by atoms with E-state index in [-0.39, 0.29) is 35.0 Å². The summed E-state index contributed by atoms with van der Waals surface area (Å²) in [6, 6.07) is 6.90. The molecule has 3 heterocycles. The van der Waals surface area contributed by atoms with E-state index in [0.29, 0.717) is 5.56 Å². The van der Waals surface area contributed by atoms with Crippen molar-refractivity contribution in [3.8, 4) is 28.7 Å². The number of hydrogen-bond acceptors (Lipinski definition) is 15. The minimum Gasteiger partial charge on any atom is -0.507 e. The van der Waals surface area contributed by atoms with Gasteiger partial charge in [0.25, 0.3) is 0 Å². The molecule has 5 rings (SSSR count). The normalized spacial score (nSPS) is 36.0. The summed E-state index contributed by atoms with van der Waals surface area (Å²) >= 11 is 0. The fraction of sp³-hybridized carbons (Fsp3) is 0.536. The number of carbonyl (C=O) groups excluding carboxylic acids is 1. The number of aliphatic hydroxyl groups excluding tert-OH is 6. The standard InChI is InChI=1S/C28H34O15/c1-10-21(32)23(34)25(36)27(40-10)39-9-19-22(33)24(35)26(37)28(43-19)41-12-6-14(30)20-15(31)8-17(42-18(20)7-12)11-3-4-16(38-2)13(29)5-11/h3-7,10,17,19,21-30,32-37H,8-9H2,1-2H3/t10?,17-,19?,21-,22+,23?,24?,25?,26-,27+,28+/m0/s1. The van der Waals surface area contributed by atoms with Gasteiger partial charge in [0.2, 0.25) is 6.29 Å². The Morgan fingerprint density at radius 3 is 2.23 bits per heavy atom. The molecule has 3 aliphatic rings. The maximum Gasteiger partial charge on any atom is 0.229 e. The highest BCUT2D eigenvalue weighted by molar-refractivity contribution is 6.02. The van der Waals surface area contributed by atoms with Crippen molar-refractivity contribution in [2.45, 2.75) is 80.9 Å². The van der Waals surface area contributed by atoms with E-state index in [1.54, 1.807) is 6.07 Å². The summed E-state index contributed by atoms with van der Waals surface area (Å²) in [5, 5.41) is 82.2. The van der Waals surface area contributed by atoms with Gasteiger partial charge >= 0.3 is 0 Å². The van der Waals surface area contributed by atoms with Crippen LogP contribution in [-0.4, -0.2) is 122 Å². The molecule has 2 saturated heterocycles. The first-order valence-electron chi connectivity index (χ1n) is 13.5. The lowest BCUT2D eigenvalue weighted by atomic mass is 9.95. The van der Waals surface area contributed by atoms with Crippen LogP contribution in [0.15, 0.2) is 30.3 Å². The maximum absolute atomic E-state index is 12.9. The van der Waals surface area contributed by atoms with Crippen LogP contribution >= 0.6 is 0 Å². The van der Waals surface area contributed by atoms with E-state index in [9.17, 15) is 45.6 Å². The van der Waals surface area contributed by atoms with Crippen LogP contribution in [-0.2, 0) is 14.2 Å².